The molecule has 2 atom stereocenters. The number of piperidine rings is 1. The number of methoxy groups -OCH3 is 1. The van der Waals surface area contributed by atoms with E-state index < -0.39 is 0 Å². The van der Waals surface area contributed by atoms with Crippen molar-refractivity contribution in [2.75, 3.05) is 26.8 Å². The second-order valence-electron chi connectivity index (χ2n) is 4.18. The Morgan fingerprint density at radius 3 is 2.91 bits per heavy atom. The van der Waals surface area contributed by atoms with Crippen molar-refractivity contribution in [1.82, 2.24) is 5.32 Å². The van der Waals surface area contributed by atoms with Gasteiger partial charge < -0.3 is 10.1 Å². The van der Waals surface area contributed by atoms with Crippen LogP contribution in [0.5, 0.6) is 0 Å². The fourth-order valence-electron chi connectivity index (χ4n) is 2.06. The van der Waals surface area contributed by atoms with Crippen LogP contribution >= 0.6 is 0 Å². The summed E-state index contributed by atoms with van der Waals surface area (Å²) < 4.78 is 5.19. The average molecular weight is 157 g/mol. The Morgan fingerprint density at radius 2 is 2.36 bits per heavy atom. The molecular weight excluding hydrogens is 138 g/mol. The SMILES string of the molecule is COCC1(C)CNCC(C)C1. The maximum absolute atomic E-state index is 5.19. The van der Waals surface area contributed by atoms with Crippen LogP contribution in [0, 0.1) is 11.3 Å². The number of ether oxygens (including phenoxy) is 1. The summed E-state index contributed by atoms with van der Waals surface area (Å²) in [6, 6.07) is 0. The number of hydrogen-bond acceptors (Lipinski definition) is 2. The highest BCUT2D eigenvalue weighted by Gasteiger charge is 2.29. The first-order chi connectivity index (χ1) is 5.16. The summed E-state index contributed by atoms with van der Waals surface area (Å²) in [5.74, 6) is 0.795. The molecule has 1 heterocycles. The third kappa shape index (κ3) is 2.46. The molecule has 1 aliphatic rings. The summed E-state index contributed by atoms with van der Waals surface area (Å²) in [7, 11) is 1.78. The summed E-state index contributed by atoms with van der Waals surface area (Å²) >= 11 is 0. The molecule has 1 saturated heterocycles. The van der Waals surface area contributed by atoms with Gasteiger partial charge in [0.15, 0.2) is 0 Å². The third-order valence-corrected chi connectivity index (χ3v) is 2.38. The lowest BCUT2D eigenvalue weighted by Crippen LogP contribution is -2.44. The van der Waals surface area contributed by atoms with Crippen molar-refractivity contribution < 1.29 is 4.74 Å². The predicted octanol–water partition coefficient (Wildman–Crippen LogP) is 1.27. The predicted molar refractivity (Wildman–Crippen MR) is 46.6 cm³/mol. The van der Waals surface area contributed by atoms with E-state index in [1.165, 1.54) is 13.0 Å². The van der Waals surface area contributed by atoms with Gasteiger partial charge in [-0.3, -0.25) is 0 Å². The average Bonchev–Trinajstić information content (AvgIpc) is 1.86. The third-order valence-electron chi connectivity index (χ3n) is 2.38. The van der Waals surface area contributed by atoms with Crippen LogP contribution in [0.15, 0.2) is 0 Å². The zero-order valence-electron chi connectivity index (χ0n) is 7.81. The lowest BCUT2D eigenvalue weighted by molar-refractivity contribution is 0.0575. The van der Waals surface area contributed by atoms with Gasteiger partial charge in [-0.2, -0.15) is 0 Å². The van der Waals surface area contributed by atoms with Gasteiger partial charge in [-0.25, -0.2) is 0 Å². The lowest BCUT2D eigenvalue weighted by atomic mass is 9.79. The quantitative estimate of drug-likeness (QED) is 0.651. The van der Waals surface area contributed by atoms with Crippen LogP contribution in [-0.2, 0) is 4.74 Å². The van der Waals surface area contributed by atoms with E-state index in [1.54, 1.807) is 7.11 Å². The molecule has 0 aromatic heterocycles. The molecule has 2 heteroatoms. The monoisotopic (exact) mass is 157 g/mol. The minimum atomic E-state index is 0.367. The second-order valence-corrected chi connectivity index (χ2v) is 4.18. The Morgan fingerprint density at radius 1 is 1.64 bits per heavy atom. The first-order valence-corrected chi connectivity index (χ1v) is 4.36. The van der Waals surface area contributed by atoms with Gasteiger partial charge in [0.1, 0.15) is 0 Å². The Hall–Kier alpha value is -0.0800. The Kier molecular flexibility index (Phi) is 2.90. The van der Waals surface area contributed by atoms with Gasteiger partial charge in [-0.1, -0.05) is 13.8 Å². The van der Waals surface area contributed by atoms with Crippen molar-refractivity contribution in [1.29, 1.82) is 0 Å². The molecule has 0 radical (unpaired) electrons. The van der Waals surface area contributed by atoms with E-state index in [-0.39, 0.29) is 0 Å². The van der Waals surface area contributed by atoms with Crippen LogP contribution in [0.3, 0.4) is 0 Å². The summed E-state index contributed by atoms with van der Waals surface area (Å²) in [4.78, 5) is 0. The molecule has 2 unspecified atom stereocenters. The Labute approximate surface area is 69.3 Å². The van der Waals surface area contributed by atoms with Crippen molar-refractivity contribution in [2.45, 2.75) is 20.3 Å². The number of nitrogens with one attached hydrogen (secondary N) is 1. The van der Waals surface area contributed by atoms with Crippen LogP contribution in [-0.4, -0.2) is 26.8 Å². The van der Waals surface area contributed by atoms with Crippen LogP contribution in [0.2, 0.25) is 0 Å². The van der Waals surface area contributed by atoms with Crippen molar-refractivity contribution in [2.24, 2.45) is 11.3 Å². The molecule has 0 aliphatic carbocycles. The van der Waals surface area contributed by atoms with Gasteiger partial charge >= 0.3 is 0 Å². The van der Waals surface area contributed by atoms with Crippen molar-refractivity contribution in [3.8, 4) is 0 Å². The van der Waals surface area contributed by atoms with Gasteiger partial charge in [-0.15, -0.1) is 0 Å². The molecule has 0 aromatic carbocycles. The Balaban J connectivity index is 2.41. The van der Waals surface area contributed by atoms with Gasteiger partial charge in [0, 0.05) is 19.1 Å². The van der Waals surface area contributed by atoms with Gasteiger partial charge in [0.2, 0.25) is 0 Å². The minimum Gasteiger partial charge on any atom is -0.384 e. The van der Waals surface area contributed by atoms with E-state index in [4.69, 9.17) is 4.74 Å². The standard InChI is InChI=1S/C9H19NO/c1-8-4-9(2,7-11-3)6-10-5-8/h8,10H,4-7H2,1-3H3. The van der Waals surface area contributed by atoms with Gasteiger partial charge in [0.25, 0.3) is 0 Å². The molecule has 66 valence electrons. The zero-order chi connectivity index (χ0) is 8.32. The highest BCUT2D eigenvalue weighted by atomic mass is 16.5. The first kappa shape index (κ1) is 9.01. The second kappa shape index (κ2) is 3.55. The largest absolute Gasteiger partial charge is 0.384 e. The highest BCUT2D eigenvalue weighted by molar-refractivity contribution is 4.83. The van der Waals surface area contributed by atoms with Crippen LogP contribution in [0.4, 0.5) is 0 Å². The molecule has 11 heavy (non-hydrogen) atoms. The molecule has 1 aliphatic heterocycles. The van der Waals surface area contributed by atoms with Crippen molar-refractivity contribution in [3.63, 3.8) is 0 Å². The maximum atomic E-state index is 5.19. The van der Waals surface area contributed by atoms with E-state index in [0.29, 0.717) is 5.41 Å². The van der Waals surface area contributed by atoms with E-state index in [9.17, 15) is 0 Å². The van der Waals surface area contributed by atoms with Crippen molar-refractivity contribution in [3.05, 3.63) is 0 Å². The zero-order valence-corrected chi connectivity index (χ0v) is 7.81. The molecule has 1 N–H and O–H groups in total. The first-order valence-electron chi connectivity index (χ1n) is 4.36. The van der Waals surface area contributed by atoms with E-state index in [1.807, 2.05) is 0 Å². The smallest absolute Gasteiger partial charge is 0.0528 e. The molecular formula is C9H19NO. The number of hydrogen-bond donors (Lipinski definition) is 1. The van der Waals surface area contributed by atoms with E-state index >= 15 is 0 Å². The van der Waals surface area contributed by atoms with Crippen molar-refractivity contribution >= 4 is 0 Å². The molecule has 1 fully saturated rings. The highest BCUT2D eigenvalue weighted by Crippen LogP contribution is 2.28. The van der Waals surface area contributed by atoms with Gasteiger partial charge in [-0.05, 0) is 18.9 Å². The van der Waals surface area contributed by atoms with Crippen LogP contribution < -0.4 is 5.32 Å². The molecule has 0 spiro atoms. The molecule has 0 saturated carbocycles. The van der Waals surface area contributed by atoms with Crippen LogP contribution in [0.25, 0.3) is 0 Å². The lowest BCUT2D eigenvalue weighted by Gasteiger charge is -2.36. The van der Waals surface area contributed by atoms with Crippen LogP contribution in [0.1, 0.15) is 20.3 Å². The summed E-state index contributed by atoms with van der Waals surface area (Å²) in [5, 5.41) is 3.43. The molecule has 2 nitrogen and oxygen atoms in total. The topological polar surface area (TPSA) is 21.3 Å². The number of rotatable bonds is 2. The molecule has 0 amide bonds. The van der Waals surface area contributed by atoms with E-state index in [0.717, 1.165) is 19.1 Å². The fourth-order valence-corrected chi connectivity index (χ4v) is 2.06. The molecule has 1 rings (SSSR count). The summed E-state index contributed by atoms with van der Waals surface area (Å²) in [5.41, 5.74) is 0.367. The molecule has 0 aromatic rings. The minimum absolute atomic E-state index is 0.367. The molecule has 0 bridgehead atoms. The van der Waals surface area contributed by atoms with Gasteiger partial charge in [0.05, 0.1) is 6.61 Å². The summed E-state index contributed by atoms with van der Waals surface area (Å²) in [6.07, 6.45) is 1.29. The summed E-state index contributed by atoms with van der Waals surface area (Å²) in [6.45, 7) is 7.73. The Bertz CT molecular complexity index is 123. The normalized spacial score (nSPS) is 39.0. The van der Waals surface area contributed by atoms with E-state index in [2.05, 4.69) is 19.2 Å². The fraction of sp³-hybridized carbons (Fsp3) is 1.00. The maximum Gasteiger partial charge on any atom is 0.0528 e.